The van der Waals surface area contributed by atoms with Gasteiger partial charge in [-0.3, -0.25) is 0 Å². The molecule has 0 bridgehead atoms. The smallest absolute Gasteiger partial charge is 0.0457 e. The average molecular weight is 202 g/mol. The first kappa shape index (κ1) is 10.2. The maximum absolute atomic E-state index is 3.52. The molecule has 0 spiro atoms. The highest BCUT2D eigenvalue weighted by Gasteiger charge is 2.10. The van der Waals surface area contributed by atoms with Crippen LogP contribution in [0, 0.1) is 0 Å². The number of hydrogen-bond acceptors (Lipinski definition) is 1. The third-order valence-corrected chi connectivity index (χ3v) is 2.67. The molecule has 2 N–H and O–H groups in total. The van der Waals surface area contributed by atoms with Gasteiger partial charge in [-0.2, -0.15) is 0 Å². The number of aromatic amines is 1. The minimum absolute atomic E-state index is 0.390. The molecule has 0 aliphatic heterocycles. The van der Waals surface area contributed by atoms with Crippen LogP contribution in [0.2, 0.25) is 0 Å². The van der Waals surface area contributed by atoms with Gasteiger partial charge in [0.05, 0.1) is 0 Å². The van der Waals surface area contributed by atoms with Crippen LogP contribution in [0.25, 0.3) is 10.9 Å². The fourth-order valence-electron chi connectivity index (χ4n) is 2.04. The number of para-hydroxylation sites is 1. The van der Waals surface area contributed by atoms with E-state index in [0.29, 0.717) is 12.1 Å². The zero-order valence-corrected chi connectivity index (χ0v) is 9.54. The normalized spacial score (nSPS) is 13.6. The molecule has 0 aliphatic rings. The van der Waals surface area contributed by atoms with E-state index in [0.717, 1.165) is 0 Å². The molecular weight excluding hydrogens is 184 g/mol. The molecule has 80 valence electrons. The van der Waals surface area contributed by atoms with Gasteiger partial charge in [-0.15, -0.1) is 0 Å². The van der Waals surface area contributed by atoms with Crippen LogP contribution >= 0.6 is 0 Å². The predicted octanol–water partition coefficient (Wildman–Crippen LogP) is 3.23. The lowest BCUT2D eigenvalue weighted by atomic mass is 10.1. The van der Waals surface area contributed by atoms with Crippen molar-refractivity contribution in [1.29, 1.82) is 0 Å². The van der Waals surface area contributed by atoms with Crippen LogP contribution in [-0.4, -0.2) is 11.0 Å². The van der Waals surface area contributed by atoms with Crippen LogP contribution in [0.3, 0.4) is 0 Å². The number of benzene rings is 1. The topological polar surface area (TPSA) is 27.8 Å². The maximum atomic E-state index is 3.52. The van der Waals surface area contributed by atoms with Crippen molar-refractivity contribution in [2.24, 2.45) is 0 Å². The van der Waals surface area contributed by atoms with Crippen molar-refractivity contribution in [3.8, 4) is 0 Å². The summed E-state index contributed by atoms with van der Waals surface area (Å²) in [7, 11) is 0. The van der Waals surface area contributed by atoms with E-state index in [9.17, 15) is 0 Å². The molecule has 1 unspecified atom stereocenters. The molecule has 0 saturated heterocycles. The number of aromatic nitrogens is 1. The second kappa shape index (κ2) is 4.07. The highest BCUT2D eigenvalue weighted by Crippen LogP contribution is 2.23. The van der Waals surface area contributed by atoms with E-state index < -0.39 is 0 Å². The Bertz CT molecular complexity index is 442. The van der Waals surface area contributed by atoms with Gasteiger partial charge in [-0.05, 0) is 18.6 Å². The van der Waals surface area contributed by atoms with Gasteiger partial charge in [0, 0.05) is 29.2 Å². The second-order valence-electron chi connectivity index (χ2n) is 4.33. The lowest BCUT2D eigenvalue weighted by Gasteiger charge is -2.16. The van der Waals surface area contributed by atoms with Gasteiger partial charge < -0.3 is 10.3 Å². The molecule has 0 saturated carbocycles. The minimum atomic E-state index is 0.390. The molecule has 0 aliphatic carbocycles. The first-order valence-corrected chi connectivity index (χ1v) is 5.50. The van der Waals surface area contributed by atoms with Crippen molar-refractivity contribution >= 4 is 10.9 Å². The van der Waals surface area contributed by atoms with Gasteiger partial charge in [-0.25, -0.2) is 0 Å². The van der Waals surface area contributed by atoms with Crippen molar-refractivity contribution in [2.75, 3.05) is 0 Å². The second-order valence-corrected chi connectivity index (χ2v) is 4.33. The Kier molecular flexibility index (Phi) is 2.78. The third kappa shape index (κ3) is 2.05. The van der Waals surface area contributed by atoms with Crippen LogP contribution in [0.1, 0.15) is 32.4 Å². The monoisotopic (exact) mass is 202 g/mol. The van der Waals surface area contributed by atoms with Crippen LogP contribution < -0.4 is 5.32 Å². The Hall–Kier alpha value is -1.28. The quantitative estimate of drug-likeness (QED) is 0.785. The lowest BCUT2D eigenvalue weighted by Crippen LogP contribution is -2.25. The minimum Gasteiger partial charge on any atom is -0.361 e. The molecule has 1 atom stereocenters. The van der Waals surface area contributed by atoms with Gasteiger partial charge in [0.15, 0.2) is 0 Å². The van der Waals surface area contributed by atoms with Crippen molar-refractivity contribution in [3.63, 3.8) is 0 Å². The fraction of sp³-hybridized carbons (Fsp3) is 0.385. The molecule has 1 aromatic heterocycles. The molecule has 0 amide bonds. The molecule has 0 fully saturated rings. The van der Waals surface area contributed by atoms with Crippen LogP contribution in [0.15, 0.2) is 30.5 Å². The Morgan fingerprint density at radius 3 is 2.60 bits per heavy atom. The van der Waals surface area contributed by atoms with Crippen LogP contribution in [-0.2, 0) is 0 Å². The molecular formula is C13H18N2. The van der Waals surface area contributed by atoms with Crippen LogP contribution in [0.5, 0.6) is 0 Å². The summed E-state index contributed by atoms with van der Waals surface area (Å²) in [6.45, 7) is 6.55. The van der Waals surface area contributed by atoms with Crippen molar-refractivity contribution < 1.29 is 0 Å². The highest BCUT2D eigenvalue weighted by molar-refractivity contribution is 5.83. The fourth-order valence-corrected chi connectivity index (χ4v) is 2.04. The molecule has 2 rings (SSSR count). The first-order chi connectivity index (χ1) is 7.18. The predicted molar refractivity (Wildman–Crippen MR) is 65.0 cm³/mol. The Labute approximate surface area is 90.7 Å². The van der Waals surface area contributed by atoms with E-state index in [-0.39, 0.29) is 0 Å². The number of nitrogens with one attached hydrogen (secondary N) is 2. The van der Waals surface area contributed by atoms with E-state index in [2.05, 4.69) is 61.5 Å². The van der Waals surface area contributed by atoms with Gasteiger partial charge in [-0.1, -0.05) is 32.0 Å². The Morgan fingerprint density at radius 1 is 1.13 bits per heavy atom. The molecule has 0 radical (unpaired) electrons. The van der Waals surface area contributed by atoms with Crippen molar-refractivity contribution in [1.82, 2.24) is 10.3 Å². The molecule has 1 heterocycles. The van der Waals surface area contributed by atoms with Crippen molar-refractivity contribution in [3.05, 3.63) is 36.0 Å². The summed E-state index contributed by atoms with van der Waals surface area (Å²) in [5.41, 5.74) is 2.56. The zero-order valence-electron chi connectivity index (χ0n) is 9.54. The number of rotatable bonds is 3. The Morgan fingerprint density at radius 2 is 1.87 bits per heavy atom. The van der Waals surface area contributed by atoms with E-state index in [1.165, 1.54) is 16.5 Å². The van der Waals surface area contributed by atoms with Crippen LogP contribution in [0.4, 0.5) is 0 Å². The summed E-state index contributed by atoms with van der Waals surface area (Å²) in [5, 5.41) is 4.83. The summed E-state index contributed by atoms with van der Waals surface area (Å²) in [6.07, 6.45) is 2.10. The summed E-state index contributed by atoms with van der Waals surface area (Å²) in [5.74, 6) is 0. The molecule has 1 aromatic carbocycles. The van der Waals surface area contributed by atoms with Gasteiger partial charge in [0.25, 0.3) is 0 Å². The summed E-state index contributed by atoms with van der Waals surface area (Å²) >= 11 is 0. The molecule has 15 heavy (non-hydrogen) atoms. The number of fused-ring (bicyclic) bond motifs is 1. The van der Waals surface area contributed by atoms with E-state index in [1.54, 1.807) is 0 Å². The maximum Gasteiger partial charge on any atom is 0.0457 e. The van der Waals surface area contributed by atoms with Gasteiger partial charge >= 0.3 is 0 Å². The summed E-state index contributed by atoms with van der Waals surface area (Å²) < 4.78 is 0. The molecule has 2 heteroatoms. The average Bonchev–Trinajstić information content (AvgIpc) is 2.59. The van der Waals surface area contributed by atoms with Gasteiger partial charge in [0.1, 0.15) is 0 Å². The molecule has 2 nitrogen and oxygen atoms in total. The third-order valence-electron chi connectivity index (χ3n) is 2.67. The van der Waals surface area contributed by atoms with Crippen molar-refractivity contribution in [2.45, 2.75) is 32.9 Å². The van der Waals surface area contributed by atoms with E-state index in [1.807, 2.05) is 0 Å². The first-order valence-electron chi connectivity index (χ1n) is 5.50. The summed E-state index contributed by atoms with van der Waals surface area (Å²) in [6, 6.07) is 9.32. The zero-order chi connectivity index (χ0) is 10.8. The number of hydrogen-bond donors (Lipinski definition) is 2. The molecule has 2 aromatic rings. The van der Waals surface area contributed by atoms with E-state index in [4.69, 9.17) is 0 Å². The van der Waals surface area contributed by atoms with Gasteiger partial charge in [0.2, 0.25) is 0 Å². The SMILES string of the molecule is CC(C)NC(C)c1c[nH]c2ccccc12. The lowest BCUT2D eigenvalue weighted by molar-refractivity contribution is 0.508. The largest absolute Gasteiger partial charge is 0.361 e. The highest BCUT2D eigenvalue weighted by atomic mass is 14.9. The van der Waals surface area contributed by atoms with E-state index >= 15 is 0 Å². The standard InChI is InChI=1S/C13H18N2/c1-9(2)15-10(3)12-8-14-13-7-5-4-6-11(12)13/h4-10,14-15H,1-3H3. The summed E-state index contributed by atoms with van der Waals surface area (Å²) in [4.78, 5) is 3.30. The Balaban J connectivity index is 2.35. The number of H-pyrrole nitrogens is 1.